The van der Waals surface area contributed by atoms with Crippen molar-refractivity contribution in [2.24, 2.45) is 0 Å². The molecule has 2 aliphatic heterocycles. The van der Waals surface area contributed by atoms with E-state index < -0.39 is 5.41 Å². The van der Waals surface area contributed by atoms with Crippen molar-refractivity contribution >= 4 is 28.3 Å². The van der Waals surface area contributed by atoms with Crippen LogP contribution in [0.25, 0.3) is 10.9 Å². The average Bonchev–Trinajstić information content (AvgIpc) is 2.93. The highest BCUT2D eigenvalue weighted by atomic mass is 16.2. The fraction of sp³-hybridized carbons (Fsp3) is 0.273. The molecule has 2 aromatic carbocycles. The standard InChI is InChI=1S/C22H21N3O/c1-15-13-20(23-18-9-4-2-7-16(15)18)25-12-6-11-22(14-25)17-8-3-5-10-19(17)24-21(22)26/h2-5,7-10,13H,6,11-12,14H2,1H3,(H,24,26)/t22-/m1/s1. The normalized spacial score (nSPS) is 21.9. The summed E-state index contributed by atoms with van der Waals surface area (Å²) in [7, 11) is 0. The third kappa shape index (κ3) is 2.15. The van der Waals surface area contributed by atoms with Gasteiger partial charge in [-0.05, 0) is 49.1 Å². The number of anilines is 2. The molecule has 0 aliphatic carbocycles. The van der Waals surface area contributed by atoms with Crippen LogP contribution >= 0.6 is 0 Å². The molecule has 0 bridgehead atoms. The van der Waals surface area contributed by atoms with E-state index in [2.05, 4.69) is 41.4 Å². The number of carbonyl (C=O) groups excluding carboxylic acids is 1. The topological polar surface area (TPSA) is 45.2 Å². The number of fused-ring (bicyclic) bond motifs is 3. The van der Waals surface area contributed by atoms with E-state index >= 15 is 0 Å². The lowest BCUT2D eigenvalue weighted by Gasteiger charge is -2.39. The predicted octanol–water partition coefficient (Wildman–Crippen LogP) is 4.03. The van der Waals surface area contributed by atoms with Gasteiger partial charge in [0.1, 0.15) is 5.82 Å². The number of carbonyl (C=O) groups is 1. The smallest absolute Gasteiger partial charge is 0.236 e. The summed E-state index contributed by atoms with van der Waals surface area (Å²) >= 11 is 0. The van der Waals surface area contributed by atoms with E-state index in [0.717, 1.165) is 42.0 Å². The Morgan fingerprint density at radius 2 is 1.92 bits per heavy atom. The second-order valence-electron chi connectivity index (χ2n) is 7.42. The zero-order chi connectivity index (χ0) is 17.7. The molecule has 4 heteroatoms. The van der Waals surface area contributed by atoms with Crippen LogP contribution in [0.5, 0.6) is 0 Å². The summed E-state index contributed by atoms with van der Waals surface area (Å²) in [5, 5.41) is 4.27. The van der Waals surface area contributed by atoms with Crippen LogP contribution in [0, 0.1) is 6.92 Å². The first kappa shape index (κ1) is 15.4. The number of pyridine rings is 1. The lowest BCUT2D eigenvalue weighted by Crippen LogP contribution is -2.50. The molecule has 130 valence electrons. The molecule has 1 amide bonds. The molecular formula is C22H21N3O. The number of amides is 1. The third-order valence-corrected chi connectivity index (χ3v) is 5.85. The maximum atomic E-state index is 12.9. The van der Waals surface area contributed by atoms with E-state index in [9.17, 15) is 4.79 Å². The summed E-state index contributed by atoms with van der Waals surface area (Å²) in [4.78, 5) is 20.1. The van der Waals surface area contributed by atoms with E-state index in [4.69, 9.17) is 4.98 Å². The van der Waals surface area contributed by atoms with Crippen molar-refractivity contribution in [3.8, 4) is 0 Å². The zero-order valence-electron chi connectivity index (χ0n) is 14.8. The monoisotopic (exact) mass is 343 g/mol. The summed E-state index contributed by atoms with van der Waals surface area (Å²) in [6.45, 7) is 3.74. The molecule has 1 spiro atoms. The van der Waals surface area contributed by atoms with Crippen LogP contribution in [0.2, 0.25) is 0 Å². The van der Waals surface area contributed by atoms with Crippen molar-refractivity contribution in [1.29, 1.82) is 0 Å². The van der Waals surface area contributed by atoms with Gasteiger partial charge in [0.2, 0.25) is 5.91 Å². The van der Waals surface area contributed by atoms with Gasteiger partial charge in [-0.2, -0.15) is 0 Å². The minimum atomic E-state index is -0.462. The van der Waals surface area contributed by atoms with Crippen LogP contribution in [-0.2, 0) is 10.2 Å². The Morgan fingerprint density at radius 1 is 1.12 bits per heavy atom. The van der Waals surface area contributed by atoms with Gasteiger partial charge in [-0.15, -0.1) is 0 Å². The summed E-state index contributed by atoms with van der Waals surface area (Å²) < 4.78 is 0. The Bertz CT molecular complexity index is 1030. The third-order valence-electron chi connectivity index (χ3n) is 5.85. The summed E-state index contributed by atoms with van der Waals surface area (Å²) in [6, 6.07) is 18.5. The van der Waals surface area contributed by atoms with Crippen molar-refractivity contribution in [3.05, 3.63) is 65.7 Å². The molecule has 0 radical (unpaired) electrons. The fourth-order valence-electron chi connectivity index (χ4n) is 4.52. The van der Waals surface area contributed by atoms with Crippen LogP contribution in [0.3, 0.4) is 0 Å². The molecule has 1 aromatic heterocycles. The highest BCUT2D eigenvalue weighted by Crippen LogP contribution is 2.44. The van der Waals surface area contributed by atoms with E-state index in [-0.39, 0.29) is 5.91 Å². The molecule has 3 heterocycles. The molecule has 1 fully saturated rings. The molecule has 3 aromatic rings. The lowest BCUT2D eigenvalue weighted by molar-refractivity contribution is -0.121. The highest BCUT2D eigenvalue weighted by Gasteiger charge is 2.49. The molecule has 4 nitrogen and oxygen atoms in total. The minimum absolute atomic E-state index is 0.126. The number of aromatic nitrogens is 1. The summed E-state index contributed by atoms with van der Waals surface area (Å²) in [5.41, 5.74) is 3.87. The molecule has 0 saturated carbocycles. The van der Waals surface area contributed by atoms with Crippen molar-refractivity contribution in [2.75, 3.05) is 23.3 Å². The number of hydrogen-bond acceptors (Lipinski definition) is 3. The second-order valence-corrected chi connectivity index (χ2v) is 7.42. The molecule has 1 saturated heterocycles. The van der Waals surface area contributed by atoms with Gasteiger partial charge >= 0.3 is 0 Å². The lowest BCUT2D eigenvalue weighted by atomic mass is 9.75. The first-order valence-corrected chi connectivity index (χ1v) is 9.20. The molecule has 5 rings (SSSR count). The van der Waals surface area contributed by atoms with Gasteiger partial charge in [0, 0.05) is 24.2 Å². The number of nitrogens with one attached hydrogen (secondary N) is 1. The number of hydrogen-bond donors (Lipinski definition) is 1. The largest absolute Gasteiger partial charge is 0.355 e. The van der Waals surface area contributed by atoms with Crippen molar-refractivity contribution in [2.45, 2.75) is 25.2 Å². The Hall–Kier alpha value is -2.88. The molecule has 2 aliphatic rings. The SMILES string of the molecule is Cc1cc(N2CCC[C@]3(C2)C(=O)Nc2ccccc23)nc2ccccc12. The number of nitrogens with zero attached hydrogens (tertiary/aromatic N) is 2. The van der Waals surface area contributed by atoms with Gasteiger partial charge in [0.25, 0.3) is 0 Å². The first-order chi connectivity index (χ1) is 12.7. The molecule has 0 unspecified atom stereocenters. The fourth-order valence-corrected chi connectivity index (χ4v) is 4.52. The molecule has 1 atom stereocenters. The Kier molecular flexibility index (Phi) is 3.29. The van der Waals surface area contributed by atoms with E-state index in [0.29, 0.717) is 6.54 Å². The predicted molar refractivity (Wildman–Crippen MR) is 105 cm³/mol. The van der Waals surface area contributed by atoms with Crippen molar-refractivity contribution < 1.29 is 4.79 Å². The van der Waals surface area contributed by atoms with Gasteiger partial charge in [-0.3, -0.25) is 4.79 Å². The van der Waals surface area contributed by atoms with Crippen LogP contribution in [0.4, 0.5) is 11.5 Å². The Morgan fingerprint density at radius 3 is 2.85 bits per heavy atom. The maximum absolute atomic E-state index is 12.9. The van der Waals surface area contributed by atoms with Crippen LogP contribution in [0.15, 0.2) is 54.6 Å². The summed E-state index contributed by atoms with van der Waals surface area (Å²) in [5.74, 6) is 1.10. The Labute approximate surface area is 152 Å². The van der Waals surface area contributed by atoms with E-state index in [1.807, 2.05) is 30.3 Å². The number of benzene rings is 2. The van der Waals surface area contributed by atoms with Gasteiger partial charge < -0.3 is 10.2 Å². The summed E-state index contributed by atoms with van der Waals surface area (Å²) in [6.07, 6.45) is 1.87. The van der Waals surface area contributed by atoms with Crippen molar-refractivity contribution in [3.63, 3.8) is 0 Å². The van der Waals surface area contributed by atoms with Crippen molar-refractivity contribution in [1.82, 2.24) is 4.98 Å². The van der Waals surface area contributed by atoms with E-state index in [1.54, 1.807) is 0 Å². The Balaban J connectivity index is 1.57. The number of piperidine rings is 1. The zero-order valence-corrected chi connectivity index (χ0v) is 14.8. The van der Waals surface area contributed by atoms with Gasteiger partial charge in [-0.25, -0.2) is 4.98 Å². The van der Waals surface area contributed by atoms with Gasteiger partial charge in [-0.1, -0.05) is 36.4 Å². The first-order valence-electron chi connectivity index (χ1n) is 9.20. The van der Waals surface area contributed by atoms with Crippen LogP contribution in [0.1, 0.15) is 24.0 Å². The quantitative estimate of drug-likeness (QED) is 0.725. The highest BCUT2D eigenvalue weighted by molar-refractivity contribution is 6.06. The maximum Gasteiger partial charge on any atom is 0.236 e. The van der Waals surface area contributed by atoms with Crippen LogP contribution < -0.4 is 10.2 Å². The number of para-hydroxylation sites is 2. The molecule has 26 heavy (non-hydrogen) atoms. The second kappa shape index (κ2) is 5.56. The van der Waals surface area contributed by atoms with E-state index in [1.165, 1.54) is 10.9 Å². The number of aryl methyl sites for hydroxylation is 1. The average molecular weight is 343 g/mol. The van der Waals surface area contributed by atoms with Crippen LogP contribution in [-0.4, -0.2) is 24.0 Å². The molecule has 1 N–H and O–H groups in total. The van der Waals surface area contributed by atoms with Gasteiger partial charge in [0.15, 0.2) is 0 Å². The minimum Gasteiger partial charge on any atom is -0.355 e. The molecular weight excluding hydrogens is 322 g/mol. The number of rotatable bonds is 1. The van der Waals surface area contributed by atoms with Gasteiger partial charge in [0.05, 0.1) is 10.9 Å².